The van der Waals surface area contributed by atoms with Gasteiger partial charge in [0.2, 0.25) is 0 Å². The van der Waals surface area contributed by atoms with E-state index >= 15 is 0 Å². The maximum absolute atomic E-state index is 12.4. The maximum Gasteiger partial charge on any atom is 0.257 e. The first kappa shape index (κ1) is 15.5. The lowest BCUT2D eigenvalue weighted by Crippen LogP contribution is -2.42. The van der Waals surface area contributed by atoms with Crippen molar-refractivity contribution in [1.82, 2.24) is 14.7 Å². The number of amides is 1. The summed E-state index contributed by atoms with van der Waals surface area (Å²) in [5, 5.41) is 4.26. The fourth-order valence-electron chi connectivity index (χ4n) is 2.44. The van der Waals surface area contributed by atoms with Crippen molar-refractivity contribution in [2.45, 2.75) is 18.9 Å². The number of piperidine rings is 1. The number of nitrogens with two attached hydrogens (primary N) is 1. The highest BCUT2D eigenvalue weighted by atomic mass is 35.5. The van der Waals surface area contributed by atoms with Crippen molar-refractivity contribution in [3.05, 3.63) is 48.3 Å². The number of rotatable bonds is 2. The van der Waals surface area contributed by atoms with Gasteiger partial charge in [0.05, 0.1) is 17.4 Å². The largest absolute Gasteiger partial charge is 0.338 e. The van der Waals surface area contributed by atoms with E-state index in [0.717, 1.165) is 31.6 Å². The Labute approximate surface area is 130 Å². The molecule has 0 saturated carbocycles. The second-order valence-corrected chi connectivity index (χ2v) is 5.14. The molecule has 21 heavy (non-hydrogen) atoms. The zero-order valence-corrected chi connectivity index (χ0v) is 12.5. The first-order valence-electron chi connectivity index (χ1n) is 6.89. The van der Waals surface area contributed by atoms with Crippen LogP contribution in [0.4, 0.5) is 0 Å². The molecule has 1 aliphatic rings. The monoisotopic (exact) mass is 306 g/mol. The SMILES string of the molecule is Cl.NC1CCN(C(=O)c2cnn(-c3ccccc3)c2)CC1. The van der Waals surface area contributed by atoms with Crippen molar-refractivity contribution < 1.29 is 4.79 Å². The predicted octanol–water partition coefficient (Wildman–Crippen LogP) is 1.86. The summed E-state index contributed by atoms with van der Waals surface area (Å²) in [6, 6.07) is 10.00. The molecular weight excluding hydrogens is 288 g/mol. The average Bonchev–Trinajstić information content (AvgIpc) is 2.98. The van der Waals surface area contributed by atoms with E-state index in [4.69, 9.17) is 5.73 Å². The molecule has 5 nitrogen and oxygen atoms in total. The van der Waals surface area contributed by atoms with Crippen molar-refractivity contribution in [3.63, 3.8) is 0 Å². The number of para-hydroxylation sites is 1. The highest BCUT2D eigenvalue weighted by Gasteiger charge is 2.22. The summed E-state index contributed by atoms with van der Waals surface area (Å²) in [6.45, 7) is 1.47. The number of aromatic nitrogens is 2. The van der Waals surface area contributed by atoms with Crippen LogP contribution in [0.3, 0.4) is 0 Å². The first-order chi connectivity index (χ1) is 9.74. The van der Waals surface area contributed by atoms with Gasteiger partial charge in [-0.1, -0.05) is 18.2 Å². The Bertz CT molecular complexity index is 591. The minimum absolute atomic E-state index is 0. The average molecular weight is 307 g/mol. The molecule has 2 N–H and O–H groups in total. The first-order valence-corrected chi connectivity index (χ1v) is 6.89. The van der Waals surface area contributed by atoms with E-state index in [0.29, 0.717) is 5.56 Å². The fourth-order valence-corrected chi connectivity index (χ4v) is 2.44. The molecule has 1 aliphatic heterocycles. The Hall–Kier alpha value is -1.85. The topological polar surface area (TPSA) is 64.2 Å². The molecule has 2 heterocycles. The molecule has 0 spiro atoms. The predicted molar refractivity (Wildman–Crippen MR) is 83.9 cm³/mol. The van der Waals surface area contributed by atoms with Crippen LogP contribution >= 0.6 is 12.4 Å². The van der Waals surface area contributed by atoms with Gasteiger partial charge in [-0.05, 0) is 25.0 Å². The third kappa shape index (κ3) is 3.43. The number of benzene rings is 1. The van der Waals surface area contributed by atoms with Gasteiger partial charge in [0.25, 0.3) is 5.91 Å². The molecule has 0 unspecified atom stereocenters. The van der Waals surface area contributed by atoms with Gasteiger partial charge >= 0.3 is 0 Å². The van der Waals surface area contributed by atoms with Crippen LogP contribution < -0.4 is 5.73 Å². The van der Waals surface area contributed by atoms with Crippen LogP contribution in [-0.4, -0.2) is 39.7 Å². The van der Waals surface area contributed by atoms with Gasteiger partial charge in [-0.3, -0.25) is 4.79 Å². The van der Waals surface area contributed by atoms with Gasteiger partial charge in [-0.15, -0.1) is 12.4 Å². The Morgan fingerprint density at radius 3 is 2.52 bits per heavy atom. The van der Waals surface area contributed by atoms with E-state index in [1.807, 2.05) is 35.2 Å². The van der Waals surface area contributed by atoms with Gasteiger partial charge < -0.3 is 10.6 Å². The Morgan fingerprint density at radius 2 is 1.86 bits per heavy atom. The number of likely N-dealkylation sites (tertiary alicyclic amines) is 1. The van der Waals surface area contributed by atoms with Crippen molar-refractivity contribution in [1.29, 1.82) is 0 Å². The van der Waals surface area contributed by atoms with Gasteiger partial charge in [0, 0.05) is 25.3 Å². The van der Waals surface area contributed by atoms with Gasteiger partial charge in [-0.25, -0.2) is 4.68 Å². The van der Waals surface area contributed by atoms with Crippen molar-refractivity contribution in [2.24, 2.45) is 5.73 Å². The summed E-state index contributed by atoms with van der Waals surface area (Å²) in [6.07, 6.45) is 5.16. The number of carbonyl (C=O) groups excluding carboxylic acids is 1. The lowest BCUT2D eigenvalue weighted by molar-refractivity contribution is 0.0715. The van der Waals surface area contributed by atoms with E-state index in [-0.39, 0.29) is 24.4 Å². The third-order valence-electron chi connectivity index (χ3n) is 3.68. The molecule has 3 rings (SSSR count). The van der Waals surface area contributed by atoms with Crippen molar-refractivity contribution >= 4 is 18.3 Å². The van der Waals surface area contributed by atoms with E-state index in [9.17, 15) is 4.79 Å². The highest BCUT2D eigenvalue weighted by molar-refractivity contribution is 5.93. The Kier molecular flexibility index (Phi) is 4.98. The van der Waals surface area contributed by atoms with E-state index in [1.54, 1.807) is 17.1 Å². The van der Waals surface area contributed by atoms with Crippen LogP contribution in [0.5, 0.6) is 0 Å². The molecule has 1 saturated heterocycles. The quantitative estimate of drug-likeness (QED) is 0.921. The molecule has 0 bridgehead atoms. The molecule has 1 aromatic heterocycles. The molecule has 0 aliphatic carbocycles. The Balaban J connectivity index is 0.00000161. The van der Waals surface area contributed by atoms with Gasteiger partial charge in [-0.2, -0.15) is 5.10 Å². The summed E-state index contributed by atoms with van der Waals surface area (Å²) in [7, 11) is 0. The van der Waals surface area contributed by atoms with Gasteiger partial charge in [0.15, 0.2) is 0 Å². The van der Waals surface area contributed by atoms with Crippen LogP contribution in [0.1, 0.15) is 23.2 Å². The number of carbonyl (C=O) groups is 1. The number of nitrogens with zero attached hydrogens (tertiary/aromatic N) is 3. The molecule has 0 radical (unpaired) electrons. The zero-order valence-electron chi connectivity index (χ0n) is 11.7. The second kappa shape index (κ2) is 6.74. The summed E-state index contributed by atoms with van der Waals surface area (Å²) < 4.78 is 1.73. The molecule has 6 heteroatoms. The number of hydrogen-bond donors (Lipinski definition) is 1. The normalized spacial score (nSPS) is 15.6. The highest BCUT2D eigenvalue weighted by Crippen LogP contribution is 2.14. The van der Waals surface area contributed by atoms with Crippen LogP contribution in [0.2, 0.25) is 0 Å². The molecular formula is C15H19ClN4O. The summed E-state index contributed by atoms with van der Waals surface area (Å²) in [5.41, 5.74) is 7.44. The molecule has 1 aromatic carbocycles. The van der Waals surface area contributed by atoms with E-state index in [1.165, 1.54) is 0 Å². The third-order valence-corrected chi connectivity index (χ3v) is 3.68. The van der Waals surface area contributed by atoms with E-state index in [2.05, 4.69) is 5.10 Å². The number of hydrogen-bond acceptors (Lipinski definition) is 3. The summed E-state index contributed by atoms with van der Waals surface area (Å²) >= 11 is 0. The standard InChI is InChI=1S/C15H18N4O.ClH/c16-13-6-8-18(9-7-13)15(20)12-10-17-19(11-12)14-4-2-1-3-5-14;/h1-5,10-11,13H,6-9,16H2;1H. The molecule has 112 valence electrons. The molecule has 2 aromatic rings. The zero-order chi connectivity index (χ0) is 13.9. The smallest absolute Gasteiger partial charge is 0.257 e. The Morgan fingerprint density at radius 1 is 1.19 bits per heavy atom. The van der Waals surface area contributed by atoms with Crippen LogP contribution in [0.25, 0.3) is 5.69 Å². The lowest BCUT2D eigenvalue weighted by Gasteiger charge is -2.29. The summed E-state index contributed by atoms with van der Waals surface area (Å²) in [5.74, 6) is 0.0408. The van der Waals surface area contributed by atoms with E-state index < -0.39 is 0 Å². The maximum atomic E-state index is 12.4. The van der Waals surface area contributed by atoms with Crippen molar-refractivity contribution in [2.75, 3.05) is 13.1 Å². The van der Waals surface area contributed by atoms with Crippen LogP contribution in [0, 0.1) is 0 Å². The minimum Gasteiger partial charge on any atom is -0.338 e. The van der Waals surface area contributed by atoms with Crippen LogP contribution in [-0.2, 0) is 0 Å². The van der Waals surface area contributed by atoms with Crippen LogP contribution in [0.15, 0.2) is 42.7 Å². The fraction of sp³-hybridized carbons (Fsp3) is 0.333. The molecule has 1 fully saturated rings. The van der Waals surface area contributed by atoms with Gasteiger partial charge in [0.1, 0.15) is 0 Å². The minimum atomic E-state index is 0. The lowest BCUT2D eigenvalue weighted by atomic mass is 10.1. The number of halogens is 1. The summed E-state index contributed by atoms with van der Waals surface area (Å²) in [4.78, 5) is 14.2. The molecule has 1 amide bonds. The molecule has 0 atom stereocenters. The van der Waals surface area contributed by atoms with Crippen molar-refractivity contribution in [3.8, 4) is 5.69 Å². The second-order valence-electron chi connectivity index (χ2n) is 5.14.